The Bertz CT molecular complexity index is 359. The van der Waals surface area contributed by atoms with Crippen molar-refractivity contribution >= 4 is 18.3 Å². The molecule has 1 rings (SSSR count). The number of nitrogens with zero attached hydrogens (tertiary/aromatic N) is 2. The van der Waals surface area contributed by atoms with Gasteiger partial charge in [-0.2, -0.15) is 0 Å². The maximum Gasteiger partial charge on any atom is 0.152 e. The Morgan fingerprint density at radius 3 is 2.71 bits per heavy atom. The number of rotatable bonds is 3. The lowest BCUT2D eigenvalue weighted by atomic mass is 10.2. The number of aldehydes is 1. The number of phenolic OH excluding ortho intramolecular Hbond substituents is 1. The third-order valence-corrected chi connectivity index (χ3v) is 1.57. The zero-order valence-electron chi connectivity index (χ0n) is 8.14. The second-order valence-electron chi connectivity index (χ2n) is 3.07. The van der Waals surface area contributed by atoms with E-state index in [9.17, 15) is 4.79 Å². The monoisotopic (exact) mass is 192 g/mol. The second-order valence-corrected chi connectivity index (χ2v) is 3.07. The fourth-order valence-corrected chi connectivity index (χ4v) is 0.932. The van der Waals surface area contributed by atoms with Gasteiger partial charge < -0.3 is 10.0 Å². The summed E-state index contributed by atoms with van der Waals surface area (Å²) in [5, 5.41) is 9.12. The highest BCUT2D eigenvalue weighted by Crippen LogP contribution is 2.21. The van der Waals surface area contributed by atoms with Crippen LogP contribution in [0.4, 0.5) is 5.69 Å². The van der Waals surface area contributed by atoms with Crippen molar-refractivity contribution in [1.82, 2.24) is 4.90 Å². The maximum absolute atomic E-state index is 10.6. The quantitative estimate of drug-likeness (QED) is 0.447. The van der Waals surface area contributed by atoms with Gasteiger partial charge in [0.05, 0.1) is 12.0 Å². The van der Waals surface area contributed by atoms with Crippen molar-refractivity contribution in [3.05, 3.63) is 23.8 Å². The summed E-state index contributed by atoms with van der Waals surface area (Å²) >= 11 is 0. The Kier molecular flexibility index (Phi) is 3.23. The van der Waals surface area contributed by atoms with Crippen molar-refractivity contribution in [3.8, 4) is 5.75 Å². The summed E-state index contributed by atoms with van der Waals surface area (Å²) in [6.45, 7) is 0. The third kappa shape index (κ3) is 2.58. The molecule has 0 aromatic heterocycles. The smallest absolute Gasteiger partial charge is 0.152 e. The first-order valence-corrected chi connectivity index (χ1v) is 4.12. The molecule has 0 fully saturated rings. The fraction of sp³-hybridized carbons (Fsp3) is 0.200. The number of aliphatic imine (C=N–C) groups is 1. The van der Waals surface area contributed by atoms with E-state index in [1.807, 2.05) is 14.1 Å². The minimum atomic E-state index is 0.0657. The zero-order chi connectivity index (χ0) is 10.6. The van der Waals surface area contributed by atoms with E-state index in [0.717, 1.165) is 0 Å². The molecule has 1 N–H and O–H groups in total. The first kappa shape index (κ1) is 10.2. The lowest BCUT2D eigenvalue weighted by Gasteiger charge is -2.03. The highest BCUT2D eigenvalue weighted by Gasteiger charge is 2.00. The summed E-state index contributed by atoms with van der Waals surface area (Å²) in [7, 11) is 3.68. The Morgan fingerprint density at radius 1 is 1.43 bits per heavy atom. The van der Waals surface area contributed by atoms with E-state index in [2.05, 4.69) is 4.99 Å². The van der Waals surface area contributed by atoms with E-state index in [0.29, 0.717) is 17.5 Å². The molecule has 0 bridgehead atoms. The SMILES string of the molecule is CN(C)/C=N\c1ccc(O)cc1C=O. The molecule has 0 radical (unpaired) electrons. The van der Waals surface area contributed by atoms with Crippen molar-refractivity contribution in [2.45, 2.75) is 0 Å². The summed E-state index contributed by atoms with van der Waals surface area (Å²) in [6.07, 6.45) is 2.27. The van der Waals surface area contributed by atoms with Gasteiger partial charge in [0.25, 0.3) is 0 Å². The van der Waals surface area contributed by atoms with E-state index in [1.54, 1.807) is 17.3 Å². The van der Waals surface area contributed by atoms with Crippen molar-refractivity contribution in [3.63, 3.8) is 0 Å². The van der Waals surface area contributed by atoms with Gasteiger partial charge in [0.15, 0.2) is 6.29 Å². The Morgan fingerprint density at radius 2 is 2.14 bits per heavy atom. The lowest BCUT2D eigenvalue weighted by Crippen LogP contribution is -2.07. The number of phenols is 1. The predicted octanol–water partition coefficient (Wildman–Crippen LogP) is 1.43. The van der Waals surface area contributed by atoms with Crippen LogP contribution in [0.1, 0.15) is 10.4 Å². The topological polar surface area (TPSA) is 52.9 Å². The Hall–Kier alpha value is -1.84. The van der Waals surface area contributed by atoms with Gasteiger partial charge >= 0.3 is 0 Å². The van der Waals surface area contributed by atoms with Gasteiger partial charge in [0.1, 0.15) is 5.75 Å². The number of carbonyl (C=O) groups excluding carboxylic acids is 1. The highest BCUT2D eigenvalue weighted by atomic mass is 16.3. The molecule has 0 saturated carbocycles. The maximum atomic E-state index is 10.6. The number of benzene rings is 1. The van der Waals surface area contributed by atoms with Crippen LogP contribution in [-0.4, -0.2) is 36.7 Å². The van der Waals surface area contributed by atoms with Gasteiger partial charge in [-0.3, -0.25) is 4.79 Å². The van der Waals surface area contributed by atoms with E-state index < -0.39 is 0 Å². The number of hydrogen-bond donors (Lipinski definition) is 1. The molecular weight excluding hydrogens is 180 g/mol. The minimum Gasteiger partial charge on any atom is -0.508 e. The molecule has 0 atom stereocenters. The number of aromatic hydroxyl groups is 1. The van der Waals surface area contributed by atoms with Crippen LogP contribution < -0.4 is 0 Å². The van der Waals surface area contributed by atoms with Crippen molar-refractivity contribution in [2.24, 2.45) is 4.99 Å². The third-order valence-electron chi connectivity index (χ3n) is 1.57. The standard InChI is InChI=1S/C10H12N2O2/c1-12(2)7-11-10-4-3-9(14)5-8(10)6-13/h3-7,14H,1-2H3/b11-7-. The molecule has 74 valence electrons. The second kappa shape index (κ2) is 4.41. The molecule has 0 aliphatic carbocycles. The van der Waals surface area contributed by atoms with Crippen LogP contribution in [0.5, 0.6) is 5.75 Å². The van der Waals surface area contributed by atoms with Crippen molar-refractivity contribution in [2.75, 3.05) is 14.1 Å². The minimum absolute atomic E-state index is 0.0657. The predicted molar refractivity (Wildman–Crippen MR) is 55.3 cm³/mol. The first-order valence-electron chi connectivity index (χ1n) is 4.12. The lowest BCUT2D eigenvalue weighted by molar-refractivity contribution is 0.112. The molecule has 4 heteroatoms. The molecule has 0 aliphatic heterocycles. The zero-order valence-corrected chi connectivity index (χ0v) is 8.14. The van der Waals surface area contributed by atoms with Gasteiger partial charge in [-0.1, -0.05) is 0 Å². The van der Waals surface area contributed by atoms with Gasteiger partial charge in [-0.25, -0.2) is 4.99 Å². The molecule has 0 amide bonds. The van der Waals surface area contributed by atoms with Crippen LogP contribution in [0.2, 0.25) is 0 Å². The average Bonchev–Trinajstić information content (AvgIpc) is 2.15. The van der Waals surface area contributed by atoms with Crippen LogP contribution in [0.25, 0.3) is 0 Å². The molecule has 14 heavy (non-hydrogen) atoms. The van der Waals surface area contributed by atoms with E-state index >= 15 is 0 Å². The van der Waals surface area contributed by atoms with Crippen molar-refractivity contribution in [1.29, 1.82) is 0 Å². The molecule has 0 unspecified atom stereocenters. The summed E-state index contributed by atoms with van der Waals surface area (Å²) < 4.78 is 0. The largest absolute Gasteiger partial charge is 0.508 e. The Labute approximate surface area is 82.5 Å². The van der Waals surface area contributed by atoms with Crippen LogP contribution in [0.3, 0.4) is 0 Å². The van der Waals surface area contributed by atoms with Gasteiger partial charge in [0.2, 0.25) is 0 Å². The molecular formula is C10H12N2O2. The fourth-order valence-electron chi connectivity index (χ4n) is 0.932. The van der Waals surface area contributed by atoms with E-state index in [-0.39, 0.29) is 5.75 Å². The summed E-state index contributed by atoms with van der Waals surface area (Å²) in [5.41, 5.74) is 0.926. The van der Waals surface area contributed by atoms with Gasteiger partial charge in [0, 0.05) is 19.7 Å². The van der Waals surface area contributed by atoms with E-state index in [1.165, 1.54) is 12.1 Å². The number of carbonyl (C=O) groups is 1. The van der Waals surface area contributed by atoms with Crippen molar-refractivity contribution < 1.29 is 9.90 Å². The number of hydrogen-bond acceptors (Lipinski definition) is 3. The molecule has 0 spiro atoms. The van der Waals surface area contributed by atoms with Crippen LogP contribution >= 0.6 is 0 Å². The van der Waals surface area contributed by atoms with E-state index in [4.69, 9.17) is 5.11 Å². The molecule has 0 aliphatic rings. The molecule has 1 aromatic carbocycles. The van der Waals surface area contributed by atoms with Gasteiger partial charge in [-0.05, 0) is 18.2 Å². The molecule has 4 nitrogen and oxygen atoms in total. The summed E-state index contributed by atoms with van der Waals surface area (Å²) in [5.74, 6) is 0.0657. The first-order chi connectivity index (χ1) is 6.63. The normalized spacial score (nSPS) is 10.4. The van der Waals surface area contributed by atoms with Crippen LogP contribution in [0, 0.1) is 0 Å². The molecule has 0 heterocycles. The van der Waals surface area contributed by atoms with Gasteiger partial charge in [-0.15, -0.1) is 0 Å². The summed E-state index contributed by atoms with van der Waals surface area (Å²) in [6, 6.07) is 4.48. The van der Waals surface area contributed by atoms with Crippen LogP contribution in [-0.2, 0) is 0 Å². The highest BCUT2D eigenvalue weighted by molar-refractivity contribution is 5.84. The molecule has 0 saturated heterocycles. The van der Waals surface area contributed by atoms with Crippen LogP contribution in [0.15, 0.2) is 23.2 Å². The molecule has 1 aromatic rings. The average molecular weight is 192 g/mol. The Balaban J connectivity index is 3.02. The summed E-state index contributed by atoms with van der Waals surface area (Å²) in [4.78, 5) is 16.5.